The second kappa shape index (κ2) is 7.49. The SMILES string of the molecule is O=C1CCC(N2Cc3cccc(C(=O)NC(=O)c4ccc5c(c4)OCO5)c3C2=O)C(=O)N1. The molecule has 1 atom stereocenters. The molecule has 10 heteroatoms. The smallest absolute Gasteiger partial charge is 0.258 e. The lowest BCUT2D eigenvalue weighted by Crippen LogP contribution is -2.52. The van der Waals surface area contributed by atoms with Gasteiger partial charge in [0.15, 0.2) is 11.5 Å². The Morgan fingerprint density at radius 3 is 2.66 bits per heavy atom. The molecule has 1 fully saturated rings. The minimum absolute atomic E-state index is 0.0383. The van der Waals surface area contributed by atoms with Crippen molar-refractivity contribution in [2.75, 3.05) is 6.79 Å². The highest BCUT2D eigenvalue weighted by atomic mass is 16.7. The monoisotopic (exact) mass is 435 g/mol. The van der Waals surface area contributed by atoms with Crippen LogP contribution in [0.25, 0.3) is 0 Å². The molecule has 1 saturated heterocycles. The van der Waals surface area contributed by atoms with Crippen molar-refractivity contribution >= 4 is 29.5 Å². The Balaban J connectivity index is 1.36. The van der Waals surface area contributed by atoms with E-state index in [1.54, 1.807) is 18.2 Å². The van der Waals surface area contributed by atoms with Crippen LogP contribution >= 0.6 is 0 Å². The molecule has 32 heavy (non-hydrogen) atoms. The first-order chi connectivity index (χ1) is 15.4. The quantitative estimate of drug-likeness (QED) is 0.680. The van der Waals surface area contributed by atoms with Crippen LogP contribution in [0.3, 0.4) is 0 Å². The van der Waals surface area contributed by atoms with E-state index < -0.39 is 29.7 Å². The van der Waals surface area contributed by atoms with Gasteiger partial charge >= 0.3 is 0 Å². The van der Waals surface area contributed by atoms with Crippen LogP contribution in [0.15, 0.2) is 36.4 Å². The maximum Gasteiger partial charge on any atom is 0.258 e. The number of ether oxygens (including phenoxy) is 2. The van der Waals surface area contributed by atoms with Crippen LogP contribution in [0, 0.1) is 0 Å². The molecule has 10 nitrogen and oxygen atoms in total. The molecule has 3 aliphatic heterocycles. The molecule has 0 radical (unpaired) electrons. The van der Waals surface area contributed by atoms with E-state index in [2.05, 4.69) is 10.6 Å². The third-order valence-electron chi connectivity index (χ3n) is 5.66. The lowest BCUT2D eigenvalue weighted by molar-refractivity contribution is -0.136. The Bertz CT molecular complexity index is 1210. The van der Waals surface area contributed by atoms with Crippen LogP contribution in [0.5, 0.6) is 11.5 Å². The van der Waals surface area contributed by atoms with Crippen molar-refractivity contribution in [1.82, 2.24) is 15.5 Å². The number of nitrogens with zero attached hydrogens (tertiary/aromatic N) is 1. The van der Waals surface area contributed by atoms with E-state index in [4.69, 9.17) is 9.47 Å². The second-order valence-electron chi connectivity index (χ2n) is 7.59. The van der Waals surface area contributed by atoms with Crippen LogP contribution in [0.2, 0.25) is 0 Å². The molecule has 0 aromatic heterocycles. The number of fused-ring (bicyclic) bond motifs is 2. The number of hydrogen-bond donors (Lipinski definition) is 2. The van der Waals surface area contributed by atoms with Crippen LogP contribution in [0.4, 0.5) is 0 Å². The number of piperidine rings is 1. The van der Waals surface area contributed by atoms with Gasteiger partial charge in [0.25, 0.3) is 17.7 Å². The van der Waals surface area contributed by atoms with E-state index in [-0.39, 0.29) is 48.8 Å². The van der Waals surface area contributed by atoms with Crippen molar-refractivity contribution < 1.29 is 33.4 Å². The summed E-state index contributed by atoms with van der Waals surface area (Å²) in [4.78, 5) is 63.6. The standard InChI is InChI=1S/C22H17N3O7/c26-17-7-5-14(21(29)23-17)25-9-12-2-1-3-13(18(12)22(25)30)20(28)24-19(27)11-4-6-15-16(8-11)32-10-31-15/h1-4,6,8,14H,5,7,9-10H2,(H,23,26,29)(H,24,27,28). The van der Waals surface area contributed by atoms with E-state index >= 15 is 0 Å². The molecule has 2 aromatic rings. The van der Waals surface area contributed by atoms with E-state index in [0.717, 1.165) is 0 Å². The van der Waals surface area contributed by atoms with E-state index in [1.165, 1.54) is 23.1 Å². The van der Waals surface area contributed by atoms with Crippen molar-refractivity contribution in [1.29, 1.82) is 0 Å². The number of amides is 5. The fourth-order valence-electron chi connectivity index (χ4n) is 4.08. The fraction of sp³-hybridized carbons (Fsp3) is 0.227. The van der Waals surface area contributed by atoms with Gasteiger partial charge in [0, 0.05) is 18.5 Å². The van der Waals surface area contributed by atoms with Gasteiger partial charge in [-0.3, -0.25) is 34.6 Å². The second-order valence-corrected chi connectivity index (χ2v) is 7.59. The Kier molecular flexibility index (Phi) is 4.62. The Morgan fingerprint density at radius 1 is 1.03 bits per heavy atom. The molecule has 0 spiro atoms. The molecular formula is C22H17N3O7. The van der Waals surface area contributed by atoms with Crippen molar-refractivity contribution in [2.24, 2.45) is 0 Å². The van der Waals surface area contributed by atoms with Gasteiger partial charge < -0.3 is 14.4 Å². The summed E-state index contributed by atoms with van der Waals surface area (Å²) in [6, 6.07) is 8.50. The number of nitrogens with one attached hydrogen (secondary N) is 2. The van der Waals surface area contributed by atoms with Crippen LogP contribution < -0.4 is 20.1 Å². The molecule has 2 aromatic carbocycles. The highest BCUT2D eigenvalue weighted by Gasteiger charge is 2.40. The van der Waals surface area contributed by atoms with E-state index in [9.17, 15) is 24.0 Å². The number of benzene rings is 2. The summed E-state index contributed by atoms with van der Waals surface area (Å²) in [5, 5.41) is 4.53. The van der Waals surface area contributed by atoms with Crippen LogP contribution in [0.1, 0.15) is 49.5 Å². The first-order valence-electron chi connectivity index (χ1n) is 9.94. The summed E-state index contributed by atoms with van der Waals surface area (Å²) >= 11 is 0. The summed E-state index contributed by atoms with van der Waals surface area (Å²) < 4.78 is 10.5. The van der Waals surface area contributed by atoms with Gasteiger partial charge in [-0.15, -0.1) is 0 Å². The molecule has 3 aliphatic rings. The highest BCUT2D eigenvalue weighted by molar-refractivity contribution is 6.16. The molecule has 1 unspecified atom stereocenters. The maximum atomic E-state index is 13.1. The highest BCUT2D eigenvalue weighted by Crippen LogP contribution is 2.33. The molecule has 5 amide bonds. The normalized spacial score (nSPS) is 18.9. The summed E-state index contributed by atoms with van der Waals surface area (Å²) in [5.41, 5.74) is 0.958. The number of carbonyl (C=O) groups is 5. The molecule has 3 heterocycles. The largest absolute Gasteiger partial charge is 0.454 e. The fourth-order valence-corrected chi connectivity index (χ4v) is 4.08. The lowest BCUT2D eigenvalue weighted by Gasteiger charge is -2.29. The lowest BCUT2D eigenvalue weighted by atomic mass is 10.0. The predicted molar refractivity (Wildman–Crippen MR) is 107 cm³/mol. The maximum absolute atomic E-state index is 13.1. The number of carbonyl (C=O) groups excluding carboxylic acids is 5. The Morgan fingerprint density at radius 2 is 1.84 bits per heavy atom. The van der Waals surface area contributed by atoms with Crippen molar-refractivity contribution in [3.63, 3.8) is 0 Å². The molecule has 0 aliphatic carbocycles. The Hall–Kier alpha value is -4.21. The summed E-state index contributed by atoms with van der Waals surface area (Å²) in [7, 11) is 0. The minimum atomic E-state index is -0.793. The number of imide groups is 2. The van der Waals surface area contributed by atoms with Gasteiger partial charge in [-0.2, -0.15) is 0 Å². The summed E-state index contributed by atoms with van der Waals surface area (Å²) in [5.74, 6) is -1.88. The van der Waals surface area contributed by atoms with Crippen molar-refractivity contribution in [3.8, 4) is 11.5 Å². The topological polar surface area (TPSA) is 131 Å². The molecular weight excluding hydrogens is 418 g/mol. The van der Waals surface area contributed by atoms with Gasteiger partial charge in [-0.1, -0.05) is 12.1 Å². The van der Waals surface area contributed by atoms with Gasteiger partial charge in [0.05, 0.1) is 11.1 Å². The van der Waals surface area contributed by atoms with Crippen LogP contribution in [-0.4, -0.2) is 47.3 Å². The molecule has 162 valence electrons. The first kappa shape index (κ1) is 19.7. The van der Waals surface area contributed by atoms with Crippen molar-refractivity contribution in [3.05, 3.63) is 58.7 Å². The zero-order valence-electron chi connectivity index (χ0n) is 16.7. The van der Waals surface area contributed by atoms with E-state index in [0.29, 0.717) is 17.1 Å². The average molecular weight is 435 g/mol. The minimum Gasteiger partial charge on any atom is -0.454 e. The average Bonchev–Trinajstić information content (AvgIpc) is 3.37. The van der Waals surface area contributed by atoms with Crippen molar-refractivity contribution in [2.45, 2.75) is 25.4 Å². The third kappa shape index (κ3) is 3.25. The summed E-state index contributed by atoms with van der Waals surface area (Å²) in [6.07, 6.45) is 0.350. The molecule has 0 saturated carbocycles. The molecule has 0 bridgehead atoms. The summed E-state index contributed by atoms with van der Waals surface area (Å²) in [6.45, 7) is 0.193. The predicted octanol–water partition coefficient (Wildman–Crippen LogP) is 0.747. The van der Waals surface area contributed by atoms with Gasteiger partial charge in [-0.25, -0.2) is 0 Å². The number of rotatable bonds is 3. The van der Waals surface area contributed by atoms with Gasteiger partial charge in [0.1, 0.15) is 6.04 Å². The zero-order chi connectivity index (χ0) is 22.4. The van der Waals surface area contributed by atoms with E-state index in [1.807, 2.05) is 0 Å². The van der Waals surface area contributed by atoms with Gasteiger partial charge in [0.2, 0.25) is 18.6 Å². The Labute approximate surface area is 181 Å². The molecule has 2 N–H and O–H groups in total. The number of hydrogen-bond acceptors (Lipinski definition) is 7. The van der Waals surface area contributed by atoms with Gasteiger partial charge in [-0.05, 0) is 36.2 Å². The van der Waals surface area contributed by atoms with Crippen LogP contribution in [-0.2, 0) is 16.1 Å². The first-order valence-corrected chi connectivity index (χ1v) is 9.94. The molecule has 5 rings (SSSR count). The third-order valence-corrected chi connectivity index (χ3v) is 5.66. The zero-order valence-corrected chi connectivity index (χ0v) is 16.7.